The number of benzene rings is 1. The van der Waals surface area contributed by atoms with E-state index in [2.05, 4.69) is 0 Å². The van der Waals surface area contributed by atoms with E-state index in [0.717, 1.165) is 5.56 Å². The predicted octanol–water partition coefficient (Wildman–Crippen LogP) is 1.99. The second kappa shape index (κ2) is 9.08. The molecule has 0 unspecified atom stereocenters. The highest BCUT2D eigenvalue weighted by molar-refractivity contribution is 5.13. The first-order valence-electron chi connectivity index (χ1n) is 7.07. The van der Waals surface area contributed by atoms with Gasteiger partial charge < -0.3 is 19.7 Å². The largest absolute Gasteiger partial charge is 0.396 e. The van der Waals surface area contributed by atoms with Gasteiger partial charge in [-0.2, -0.15) is 0 Å². The summed E-state index contributed by atoms with van der Waals surface area (Å²) >= 11 is 0. The van der Waals surface area contributed by atoms with Crippen LogP contribution in [0.2, 0.25) is 0 Å². The number of aliphatic hydroxyl groups is 2. The molecule has 0 radical (unpaired) electrons. The minimum Gasteiger partial charge on any atom is -0.396 e. The fraction of sp³-hybridized carbons (Fsp3) is 0.625. The third kappa shape index (κ3) is 6.01. The van der Waals surface area contributed by atoms with Crippen molar-refractivity contribution < 1.29 is 19.7 Å². The standard InChI is InChI=1S/C16H26O4/c1-14(2)20-13-16(11-17,12-18)8-9-19-10-15-6-4-3-5-7-15/h3-7,14,17-18H,8-13H2,1-2H3. The average molecular weight is 282 g/mol. The van der Waals surface area contributed by atoms with Gasteiger partial charge in [-0.25, -0.2) is 0 Å². The Morgan fingerprint density at radius 2 is 1.75 bits per heavy atom. The Bertz CT molecular complexity index is 347. The Balaban J connectivity index is 2.35. The molecule has 0 saturated heterocycles. The quantitative estimate of drug-likeness (QED) is 0.644. The molecule has 0 spiro atoms. The molecule has 1 aromatic rings. The monoisotopic (exact) mass is 282 g/mol. The lowest BCUT2D eigenvalue weighted by molar-refractivity contribution is -0.0637. The van der Waals surface area contributed by atoms with Gasteiger partial charge in [0.05, 0.1) is 32.5 Å². The van der Waals surface area contributed by atoms with Crippen molar-refractivity contribution in [2.24, 2.45) is 5.41 Å². The van der Waals surface area contributed by atoms with Crippen LogP contribution in [0, 0.1) is 5.41 Å². The minimum atomic E-state index is -0.624. The minimum absolute atomic E-state index is 0.0812. The lowest BCUT2D eigenvalue weighted by Crippen LogP contribution is -2.37. The Labute approximate surface area is 121 Å². The average Bonchev–Trinajstić information content (AvgIpc) is 2.48. The van der Waals surface area contributed by atoms with Crippen molar-refractivity contribution in [1.82, 2.24) is 0 Å². The van der Waals surface area contributed by atoms with E-state index >= 15 is 0 Å². The fourth-order valence-electron chi connectivity index (χ4n) is 1.77. The van der Waals surface area contributed by atoms with E-state index in [0.29, 0.717) is 26.2 Å². The highest BCUT2D eigenvalue weighted by atomic mass is 16.5. The molecule has 114 valence electrons. The maximum absolute atomic E-state index is 9.51. The Hall–Kier alpha value is -0.940. The van der Waals surface area contributed by atoms with Gasteiger partial charge in [0, 0.05) is 12.0 Å². The number of aliphatic hydroxyl groups excluding tert-OH is 2. The summed E-state index contributed by atoms with van der Waals surface area (Å²) in [6, 6.07) is 9.93. The van der Waals surface area contributed by atoms with Crippen molar-refractivity contribution in [2.75, 3.05) is 26.4 Å². The molecular weight excluding hydrogens is 256 g/mol. The van der Waals surface area contributed by atoms with Crippen LogP contribution in [0.3, 0.4) is 0 Å². The van der Waals surface area contributed by atoms with Gasteiger partial charge in [-0.05, 0) is 25.8 Å². The van der Waals surface area contributed by atoms with Crippen molar-refractivity contribution in [3.8, 4) is 0 Å². The van der Waals surface area contributed by atoms with Gasteiger partial charge >= 0.3 is 0 Å². The molecule has 0 aliphatic rings. The first kappa shape index (κ1) is 17.1. The van der Waals surface area contributed by atoms with Crippen molar-refractivity contribution in [3.63, 3.8) is 0 Å². The topological polar surface area (TPSA) is 58.9 Å². The van der Waals surface area contributed by atoms with Crippen molar-refractivity contribution in [2.45, 2.75) is 33.0 Å². The van der Waals surface area contributed by atoms with Gasteiger partial charge in [-0.1, -0.05) is 30.3 Å². The van der Waals surface area contributed by atoms with Crippen LogP contribution in [-0.2, 0) is 16.1 Å². The zero-order chi connectivity index (χ0) is 14.8. The number of hydrogen-bond donors (Lipinski definition) is 2. The molecule has 0 amide bonds. The van der Waals surface area contributed by atoms with Crippen LogP contribution in [0.25, 0.3) is 0 Å². The Morgan fingerprint density at radius 1 is 1.10 bits per heavy atom. The number of hydrogen-bond acceptors (Lipinski definition) is 4. The predicted molar refractivity (Wildman–Crippen MR) is 78.4 cm³/mol. The van der Waals surface area contributed by atoms with Gasteiger partial charge in [0.25, 0.3) is 0 Å². The SMILES string of the molecule is CC(C)OCC(CO)(CO)CCOCc1ccccc1. The summed E-state index contributed by atoms with van der Waals surface area (Å²) < 4.78 is 11.1. The Morgan fingerprint density at radius 3 is 2.30 bits per heavy atom. The van der Waals surface area contributed by atoms with Gasteiger partial charge in [0.1, 0.15) is 0 Å². The molecule has 0 fully saturated rings. The van der Waals surface area contributed by atoms with Crippen molar-refractivity contribution in [3.05, 3.63) is 35.9 Å². The molecule has 0 atom stereocenters. The molecule has 0 saturated carbocycles. The van der Waals surface area contributed by atoms with Crippen LogP contribution in [0.15, 0.2) is 30.3 Å². The highest BCUT2D eigenvalue weighted by Crippen LogP contribution is 2.22. The maximum Gasteiger partial charge on any atom is 0.0716 e. The molecular formula is C16H26O4. The van der Waals surface area contributed by atoms with E-state index in [1.807, 2.05) is 44.2 Å². The summed E-state index contributed by atoms with van der Waals surface area (Å²) in [6.07, 6.45) is 0.650. The van der Waals surface area contributed by atoms with Crippen molar-refractivity contribution in [1.29, 1.82) is 0 Å². The van der Waals surface area contributed by atoms with Gasteiger partial charge in [0.2, 0.25) is 0 Å². The highest BCUT2D eigenvalue weighted by Gasteiger charge is 2.29. The zero-order valence-corrected chi connectivity index (χ0v) is 12.4. The molecule has 20 heavy (non-hydrogen) atoms. The summed E-state index contributed by atoms with van der Waals surface area (Å²) in [5.74, 6) is 0. The van der Waals surface area contributed by atoms with Gasteiger partial charge in [0.15, 0.2) is 0 Å². The van der Waals surface area contributed by atoms with Gasteiger partial charge in [-0.15, -0.1) is 0 Å². The Kier molecular flexibility index (Phi) is 7.77. The summed E-state index contributed by atoms with van der Waals surface area (Å²) in [7, 11) is 0. The summed E-state index contributed by atoms with van der Waals surface area (Å²) in [6.45, 7) is 5.02. The number of rotatable bonds is 10. The van der Waals surface area contributed by atoms with E-state index in [1.165, 1.54) is 0 Å². The first-order chi connectivity index (χ1) is 9.62. The summed E-state index contributed by atoms with van der Waals surface area (Å²) in [5.41, 5.74) is 0.491. The first-order valence-corrected chi connectivity index (χ1v) is 7.07. The van der Waals surface area contributed by atoms with Crippen LogP contribution < -0.4 is 0 Å². The van der Waals surface area contributed by atoms with Crippen LogP contribution >= 0.6 is 0 Å². The van der Waals surface area contributed by atoms with Crippen LogP contribution in [0.4, 0.5) is 0 Å². The molecule has 0 aromatic heterocycles. The molecule has 0 aliphatic carbocycles. The van der Waals surface area contributed by atoms with E-state index in [4.69, 9.17) is 9.47 Å². The smallest absolute Gasteiger partial charge is 0.0716 e. The molecule has 4 nitrogen and oxygen atoms in total. The van der Waals surface area contributed by atoms with E-state index in [9.17, 15) is 10.2 Å². The fourth-order valence-corrected chi connectivity index (χ4v) is 1.77. The molecule has 0 heterocycles. The molecule has 1 rings (SSSR count). The van der Waals surface area contributed by atoms with Crippen molar-refractivity contribution >= 4 is 0 Å². The van der Waals surface area contributed by atoms with Gasteiger partial charge in [-0.3, -0.25) is 0 Å². The second-order valence-corrected chi connectivity index (χ2v) is 5.46. The molecule has 0 aliphatic heterocycles. The molecule has 4 heteroatoms. The van der Waals surface area contributed by atoms with E-state index < -0.39 is 5.41 Å². The normalized spacial score (nSPS) is 12.1. The third-order valence-corrected chi connectivity index (χ3v) is 3.28. The zero-order valence-electron chi connectivity index (χ0n) is 12.4. The second-order valence-electron chi connectivity index (χ2n) is 5.46. The number of ether oxygens (including phenoxy) is 2. The van der Waals surface area contributed by atoms with Crippen LogP contribution in [0.5, 0.6) is 0 Å². The maximum atomic E-state index is 9.51. The third-order valence-electron chi connectivity index (χ3n) is 3.28. The van der Waals surface area contributed by atoms with Crippen LogP contribution in [-0.4, -0.2) is 42.7 Å². The lowest BCUT2D eigenvalue weighted by Gasteiger charge is -2.30. The van der Waals surface area contributed by atoms with E-state index in [1.54, 1.807) is 0 Å². The molecule has 1 aromatic carbocycles. The molecule has 0 bridgehead atoms. The summed E-state index contributed by atoms with van der Waals surface area (Å²) in [4.78, 5) is 0. The lowest BCUT2D eigenvalue weighted by atomic mass is 9.87. The summed E-state index contributed by atoms with van der Waals surface area (Å²) in [5, 5.41) is 19.0. The van der Waals surface area contributed by atoms with Crippen LogP contribution in [0.1, 0.15) is 25.8 Å². The molecule has 2 N–H and O–H groups in total. The van der Waals surface area contributed by atoms with E-state index in [-0.39, 0.29) is 19.3 Å².